The number of carbonyl (C=O) groups excluding carboxylic acids is 1. The van der Waals surface area contributed by atoms with E-state index in [1.54, 1.807) is 0 Å². The second-order valence-corrected chi connectivity index (χ2v) is 5.91. The van der Waals surface area contributed by atoms with E-state index in [9.17, 15) is 4.79 Å². The molecule has 0 aromatic heterocycles. The molecule has 102 valence electrons. The van der Waals surface area contributed by atoms with Gasteiger partial charge in [0.15, 0.2) is 0 Å². The number of hydrogen-bond donors (Lipinski definition) is 1. The summed E-state index contributed by atoms with van der Waals surface area (Å²) >= 11 is 0. The van der Waals surface area contributed by atoms with Crippen LogP contribution in [0.2, 0.25) is 0 Å². The molecule has 0 aromatic carbocycles. The van der Waals surface area contributed by atoms with Crippen molar-refractivity contribution in [3.05, 3.63) is 0 Å². The van der Waals surface area contributed by atoms with Crippen molar-refractivity contribution in [1.82, 2.24) is 4.90 Å². The third-order valence-electron chi connectivity index (χ3n) is 3.67. The second-order valence-electron chi connectivity index (χ2n) is 5.91. The predicted octanol–water partition coefficient (Wildman–Crippen LogP) is 2.43. The fourth-order valence-corrected chi connectivity index (χ4v) is 2.41. The van der Waals surface area contributed by atoms with E-state index in [4.69, 9.17) is 5.73 Å². The fourth-order valence-electron chi connectivity index (χ4n) is 2.41. The lowest BCUT2D eigenvalue weighted by Gasteiger charge is -2.38. The third-order valence-corrected chi connectivity index (χ3v) is 3.67. The summed E-state index contributed by atoms with van der Waals surface area (Å²) in [5, 5.41) is 0. The van der Waals surface area contributed by atoms with Gasteiger partial charge in [0.1, 0.15) is 0 Å². The first-order valence-electron chi connectivity index (χ1n) is 6.43. The van der Waals surface area contributed by atoms with Gasteiger partial charge in [-0.05, 0) is 37.1 Å². The standard InChI is InChI=1S/C13H26N2O.ClH/c1-13(2,3)11-6-9-15(10-7-11)12(16)5-4-8-14;/h11H,4-10,14H2,1-3H3;1H. The van der Waals surface area contributed by atoms with Crippen LogP contribution in [-0.2, 0) is 4.79 Å². The van der Waals surface area contributed by atoms with Crippen LogP contribution >= 0.6 is 12.4 Å². The summed E-state index contributed by atoms with van der Waals surface area (Å²) in [4.78, 5) is 13.8. The van der Waals surface area contributed by atoms with Gasteiger partial charge in [0.25, 0.3) is 0 Å². The highest BCUT2D eigenvalue weighted by molar-refractivity contribution is 5.85. The molecule has 0 unspecified atom stereocenters. The van der Waals surface area contributed by atoms with Crippen molar-refractivity contribution >= 4 is 18.3 Å². The number of rotatable bonds is 3. The van der Waals surface area contributed by atoms with Crippen LogP contribution in [0.1, 0.15) is 46.5 Å². The average molecular weight is 263 g/mol. The number of nitrogens with two attached hydrogens (primary N) is 1. The summed E-state index contributed by atoms with van der Waals surface area (Å²) in [6, 6.07) is 0. The van der Waals surface area contributed by atoms with Gasteiger partial charge in [-0.3, -0.25) is 4.79 Å². The van der Waals surface area contributed by atoms with Gasteiger partial charge < -0.3 is 10.6 Å². The Kier molecular flexibility index (Phi) is 7.10. The van der Waals surface area contributed by atoms with Crippen molar-refractivity contribution in [2.75, 3.05) is 19.6 Å². The SMILES string of the molecule is CC(C)(C)C1CCN(C(=O)CCCN)CC1.Cl. The van der Waals surface area contributed by atoms with Gasteiger partial charge in [-0.15, -0.1) is 12.4 Å². The summed E-state index contributed by atoms with van der Waals surface area (Å²) in [6.45, 7) is 9.37. The number of likely N-dealkylation sites (tertiary alicyclic amines) is 1. The average Bonchev–Trinajstić information content (AvgIpc) is 2.25. The molecule has 1 aliphatic heterocycles. The highest BCUT2D eigenvalue weighted by atomic mass is 35.5. The second kappa shape index (κ2) is 7.22. The quantitative estimate of drug-likeness (QED) is 0.849. The van der Waals surface area contributed by atoms with E-state index in [1.807, 2.05) is 4.90 Å². The Labute approximate surface area is 112 Å². The molecule has 1 amide bonds. The number of amides is 1. The molecule has 2 N–H and O–H groups in total. The van der Waals surface area contributed by atoms with E-state index in [2.05, 4.69) is 20.8 Å². The Hall–Kier alpha value is -0.280. The van der Waals surface area contributed by atoms with Gasteiger partial charge in [-0.2, -0.15) is 0 Å². The molecule has 0 aliphatic carbocycles. The smallest absolute Gasteiger partial charge is 0.222 e. The maximum absolute atomic E-state index is 11.8. The van der Waals surface area contributed by atoms with E-state index >= 15 is 0 Å². The van der Waals surface area contributed by atoms with Gasteiger partial charge in [-0.25, -0.2) is 0 Å². The predicted molar refractivity (Wildman–Crippen MR) is 74.3 cm³/mol. The lowest BCUT2D eigenvalue weighted by atomic mass is 9.75. The third kappa shape index (κ3) is 5.26. The van der Waals surface area contributed by atoms with Gasteiger partial charge >= 0.3 is 0 Å². The van der Waals surface area contributed by atoms with Crippen LogP contribution < -0.4 is 5.73 Å². The molecule has 3 nitrogen and oxygen atoms in total. The van der Waals surface area contributed by atoms with Gasteiger partial charge in [0.2, 0.25) is 5.91 Å². The van der Waals surface area contributed by atoms with Crippen LogP contribution in [0.5, 0.6) is 0 Å². The first kappa shape index (κ1) is 16.7. The van der Waals surface area contributed by atoms with Crippen LogP contribution in [0, 0.1) is 11.3 Å². The monoisotopic (exact) mass is 262 g/mol. The van der Waals surface area contributed by atoms with E-state index in [0.717, 1.165) is 38.3 Å². The maximum Gasteiger partial charge on any atom is 0.222 e. The first-order chi connectivity index (χ1) is 7.45. The minimum absolute atomic E-state index is 0. The van der Waals surface area contributed by atoms with E-state index < -0.39 is 0 Å². The molecule has 0 saturated carbocycles. The Balaban J connectivity index is 0.00000256. The molecule has 0 atom stereocenters. The molecule has 0 spiro atoms. The van der Waals surface area contributed by atoms with Crippen molar-refractivity contribution in [3.63, 3.8) is 0 Å². The molecule has 1 aliphatic rings. The first-order valence-corrected chi connectivity index (χ1v) is 6.43. The van der Waals surface area contributed by atoms with Gasteiger partial charge in [0.05, 0.1) is 0 Å². The van der Waals surface area contributed by atoms with Crippen LogP contribution in [-0.4, -0.2) is 30.4 Å². The van der Waals surface area contributed by atoms with Crippen LogP contribution in [0.4, 0.5) is 0 Å². The van der Waals surface area contributed by atoms with Crippen molar-refractivity contribution < 1.29 is 4.79 Å². The fraction of sp³-hybridized carbons (Fsp3) is 0.923. The number of piperidine rings is 1. The van der Waals surface area contributed by atoms with Crippen molar-refractivity contribution in [2.24, 2.45) is 17.1 Å². The van der Waals surface area contributed by atoms with Gasteiger partial charge in [0, 0.05) is 19.5 Å². The minimum atomic E-state index is 0. The maximum atomic E-state index is 11.8. The zero-order valence-corrected chi connectivity index (χ0v) is 12.2. The van der Waals surface area contributed by atoms with E-state index in [0.29, 0.717) is 18.4 Å². The molecule has 1 heterocycles. The van der Waals surface area contributed by atoms with Gasteiger partial charge in [-0.1, -0.05) is 20.8 Å². The highest BCUT2D eigenvalue weighted by Gasteiger charge is 2.29. The number of hydrogen-bond acceptors (Lipinski definition) is 2. The van der Waals surface area contributed by atoms with Crippen LogP contribution in [0.15, 0.2) is 0 Å². The highest BCUT2D eigenvalue weighted by Crippen LogP contribution is 2.34. The molecule has 1 fully saturated rings. The number of carbonyl (C=O) groups is 1. The zero-order valence-electron chi connectivity index (χ0n) is 11.4. The zero-order chi connectivity index (χ0) is 12.2. The minimum Gasteiger partial charge on any atom is -0.343 e. The molecule has 4 heteroatoms. The molecule has 1 rings (SSSR count). The Bertz CT molecular complexity index is 230. The molecular weight excluding hydrogens is 236 g/mol. The topological polar surface area (TPSA) is 46.3 Å². The number of halogens is 1. The molecule has 0 radical (unpaired) electrons. The molecule has 1 saturated heterocycles. The summed E-state index contributed by atoms with van der Waals surface area (Å²) in [5.41, 5.74) is 5.80. The normalized spacial score (nSPS) is 17.8. The Morgan fingerprint density at radius 1 is 1.29 bits per heavy atom. The van der Waals surface area contributed by atoms with E-state index in [-0.39, 0.29) is 18.3 Å². The molecular formula is C13H27ClN2O. The molecule has 17 heavy (non-hydrogen) atoms. The Morgan fingerprint density at radius 3 is 2.24 bits per heavy atom. The van der Waals surface area contributed by atoms with Crippen molar-refractivity contribution in [2.45, 2.75) is 46.5 Å². The summed E-state index contributed by atoms with van der Waals surface area (Å²) in [5.74, 6) is 1.05. The lowest BCUT2D eigenvalue weighted by molar-refractivity contribution is -0.133. The van der Waals surface area contributed by atoms with Crippen molar-refractivity contribution in [1.29, 1.82) is 0 Å². The molecule has 0 aromatic rings. The van der Waals surface area contributed by atoms with Crippen LogP contribution in [0.25, 0.3) is 0 Å². The lowest BCUT2D eigenvalue weighted by Crippen LogP contribution is -2.41. The van der Waals surface area contributed by atoms with E-state index in [1.165, 1.54) is 0 Å². The number of nitrogens with zero attached hydrogens (tertiary/aromatic N) is 1. The largest absolute Gasteiger partial charge is 0.343 e. The van der Waals surface area contributed by atoms with Crippen molar-refractivity contribution in [3.8, 4) is 0 Å². The Morgan fingerprint density at radius 2 is 1.82 bits per heavy atom. The van der Waals surface area contributed by atoms with Crippen LogP contribution in [0.3, 0.4) is 0 Å². The summed E-state index contributed by atoms with van der Waals surface area (Å²) < 4.78 is 0. The summed E-state index contributed by atoms with van der Waals surface area (Å²) in [7, 11) is 0. The summed E-state index contributed by atoms with van der Waals surface area (Å²) in [6.07, 6.45) is 3.74. The molecule has 0 bridgehead atoms.